The third kappa shape index (κ3) is 4.95. The number of benzene rings is 2. The Bertz CT molecular complexity index is 755. The Morgan fingerprint density at radius 2 is 1.79 bits per heavy atom. The molecule has 0 bridgehead atoms. The molecule has 0 saturated heterocycles. The van der Waals surface area contributed by atoms with Crippen molar-refractivity contribution in [1.82, 2.24) is 5.43 Å². The van der Waals surface area contributed by atoms with Gasteiger partial charge in [0.25, 0.3) is 0 Å². The molecule has 24 heavy (non-hydrogen) atoms. The van der Waals surface area contributed by atoms with Gasteiger partial charge in [0.1, 0.15) is 0 Å². The molecular formula is C16H15F3N4S. The van der Waals surface area contributed by atoms with Gasteiger partial charge in [-0.15, -0.1) is 0 Å². The van der Waals surface area contributed by atoms with Crippen molar-refractivity contribution < 1.29 is 13.2 Å². The van der Waals surface area contributed by atoms with Crippen molar-refractivity contribution in [2.45, 2.75) is 13.1 Å². The summed E-state index contributed by atoms with van der Waals surface area (Å²) in [6.07, 6.45) is -4.41. The van der Waals surface area contributed by atoms with Crippen molar-refractivity contribution in [3.8, 4) is 0 Å². The Balaban J connectivity index is 2.01. The first-order valence-electron chi connectivity index (χ1n) is 6.90. The molecule has 0 amide bonds. The van der Waals surface area contributed by atoms with E-state index in [4.69, 9.17) is 18.0 Å². The van der Waals surface area contributed by atoms with Crippen molar-refractivity contribution in [3.63, 3.8) is 0 Å². The standard InChI is InChI=1S/C16H15F3N4S/c1-10(11-5-7-13(20)8-6-11)22-23-15(24)21-14-4-2-3-12(9-14)16(17,18)19/h2-9H,20H2,1H3,(H2,21,23,24)/b22-10-. The lowest BCUT2D eigenvalue weighted by Crippen LogP contribution is -2.25. The van der Waals surface area contributed by atoms with E-state index in [2.05, 4.69) is 15.8 Å². The van der Waals surface area contributed by atoms with Crippen molar-refractivity contribution in [3.05, 3.63) is 59.7 Å². The Hall–Kier alpha value is -2.61. The minimum Gasteiger partial charge on any atom is -0.399 e. The highest BCUT2D eigenvalue weighted by molar-refractivity contribution is 7.80. The van der Waals surface area contributed by atoms with Gasteiger partial charge in [-0.3, -0.25) is 5.43 Å². The highest BCUT2D eigenvalue weighted by Gasteiger charge is 2.30. The Morgan fingerprint density at radius 3 is 2.42 bits per heavy atom. The number of nitrogens with two attached hydrogens (primary N) is 1. The summed E-state index contributed by atoms with van der Waals surface area (Å²) in [6.45, 7) is 1.77. The van der Waals surface area contributed by atoms with E-state index in [-0.39, 0.29) is 10.8 Å². The molecule has 2 aromatic rings. The van der Waals surface area contributed by atoms with Crippen LogP contribution in [0.4, 0.5) is 24.5 Å². The topological polar surface area (TPSA) is 62.4 Å². The van der Waals surface area contributed by atoms with E-state index in [1.807, 2.05) is 0 Å². The molecule has 2 aromatic carbocycles. The second-order valence-electron chi connectivity index (χ2n) is 4.96. The maximum atomic E-state index is 12.7. The minimum absolute atomic E-state index is 0.0871. The van der Waals surface area contributed by atoms with Gasteiger partial charge in [-0.1, -0.05) is 18.2 Å². The monoisotopic (exact) mass is 352 g/mol. The van der Waals surface area contributed by atoms with E-state index in [0.717, 1.165) is 17.7 Å². The number of hydrazone groups is 1. The zero-order valence-electron chi connectivity index (χ0n) is 12.7. The van der Waals surface area contributed by atoms with Gasteiger partial charge in [-0.05, 0) is 55.0 Å². The smallest absolute Gasteiger partial charge is 0.399 e. The fraction of sp³-hybridized carbons (Fsp3) is 0.125. The molecule has 4 nitrogen and oxygen atoms in total. The molecule has 0 spiro atoms. The number of hydrogen-bond donors (Lipinski definition) is 3. The summed E-state index contributed by atoms with van der Waals surface area (Å²) in [7, 11) is 0. The van der Waals surface area contributed by atoms with Gasteiger partial charge in [0.2, 0.25) is 0 Å². The number of rotatable bonds is 3. The van der Waals surface area contributed by atoms with E-state index < -0.39 is 11.7 Å². The third-order valence-electron chi connectivity index (χ3n) is 3.10. The lowest BCUT2D eigenvalue weighted by molar-refractivity contribution is -0.137. The predicted molar refractivity (Wildman–Crippen MR) is 93.9 cm³/mol. The quantitative estimate of drug-likeness (QED) is 0.338. The van der Waals surface area contributed by atoms with Gasteiger partial charge in [0.15, 0.2) is 5.11 Å². The van der Waals surface area contributed by atoms with Crippen LogP contribution >= 0.6 is 12.2 Å². The van der Waals surface area contributed by atoms with Crippen LogP contribution < -0.4 is 16.5 Å². The molecule has 0 fully saturated rings. The average molecular weight is 352 g/mol. The fourth-order valence-electron chi connectivity index (χ4n) is 1.86. The van der Waals surface area contributed by atoms with Gasteiger partial charge < -0.3 is 11.1 Å². The van der Waals surface area contributed by atoms with Crippen molar-refractivity contribution in [2.75, 3.05) is 11.1 Å². The Morgan fingerprint density at radius 1 is 1.12 bits per heavy atom. The molecule has 8 heteroatoms. The molecule has 0 radical (unpaired) electrons. The summed E-state index contributed by atoms with van der Waals surface area (Å²) in [6, 6.07) is 11.9. The summed E-state index contributed by atoms with van der Waals surface area (Å²) in [5.74, 6) is 0. The van der Waals surface area contributed by atoms with Crippen LogP contribution in [0.15, 0.2) is 53.6 Å². The van der Waals surface area contributed by atoms with Gasteiger partial charge in [0, 0.05) is 11.4 Å². The molecule has 0 aliphatic carbocycles. The summed E-state index contributed by atoms with van der Waals surface area (Å²) in [5, 5.41) is 6.84. The number of hydrogen-bond acceptors (Lipinski definition) is 3. The minimum atomic E-state index is -4.41. The number of thiocarbonyl (C=S) groups is 1. The van der Waals surface area contributed by atoms with Gasteiger partial charge >= 0.3 is 6.18 Å². The van der Waals surface area contributed by atoms with Gasteiger partial charge in [-0.2, -0.15) is 18.3 Å². The second-order valence-corrected chi connectivity index (χ2v) is 5.37. The fourth-order valence-corrected chi connectivity index (χ4v) is 2.02. The molecule has 0 saturated carbocycles. The second kappa shape index (κ2) is 7.31. The molecule has 0 unspecified atom stereocenters. The molecular weight excluding hydrogens is 337 g/mol. The number of nitrogens with one attached hydrogen (secondary N) is 2. The van der Waals surface area contributed by atoms with Crippen LogP contribution in [0.25, 0.3) is 0 Å². The number of nitrogens with zero attached hydrogens (tertiary/aromatic N) is 1. The number of halogens is 3. The molecule has 0 aromatic heterocycles. The number of nitrogen functional groups attached to an aromatic ring is 1. The molecule has 0 aliphatic heterocycles. The lowest BCUT2D eigenvalue weighted by atomic mass is 10.1. The maximum absolute atomic E-state index is 12.7. The van der Waals surface area contributed by atoms with E-state index >= 15 is 0 Å². The van der Waals surface area contributed by atoms with Gasteiger partial charge in [0.05, 0.1) is 11.3 Å². The first-order valence-corrected chi connectivity index (χ1v) is 7.31. The SMILES string of the molecule is C/C(=N/NC(=S)Nc1cccc(C(F)(F)F)c1)c1ccc(N)cc1. The molecule has 126 valence electrons. The predicted octanol–water partition coefficient (Wildman–Crippen LogP) is 4.00. The summed E-state index contributed by atoms with van der Waals surface area (Å²) >= 11 is 5.03. The molecule has 0 atom stereocenters. The zero-order valence-corrected chi connectivity index (χ0v) is 13.5. The molecule has 0 aliphatic rings. The number of alkyl halides is 3. The average Bonchev–Trinajstić information content (AvgIpc) is 2.53. The normalized spacial score (nSPS) is 11.9. The third-order valence-corrected chi connectivity index (χ3v) is 3.29. The van der Waals surface area contributed by atoms with Crippen LogP contribution in [0.2, 0.25) is 0 Å². The summed E-state index contributed by atoms with van der Waals surface area (Å²) in [5.41, 5.74) is 9.82. The van der Waals surface area contributed by atoms with Crippen LogP contribution in [0.5, 0.6) is 0 Å². The van der Waals surface area contributed by atoms with Crippen LogP contribution in [0, 0.1) is 0 Å². The van der Waals surface area contributed by atoms with Crippen LogP contribution in [-0.4, -0.2) is 10.8 Å². The Kier molecular flexibility index (Phi) is 5.40. The molecule has 2 rings (SSSR count). The van der Waals surface area contributed by atoms with Crippen LogP contribution in [0.3, 0.4) is 0 Å². The van der Waals surface area contributed by atoms with Gasteiger partial charge in [-0.25, -0.2) is 0 Å². The first kappa shape index (κ1) is 17.7. The first-order chi connectivity index (χ1) is 11.3. The van der Waals surface area contributed by atoms with E-state index in [1.54, 1.807) is 31.2 Å². The van der Waals surface area contributed by atoms with Crippen molar-refractivity contribution in [1.29, 1.82) is 0 Å². The Labute approximate surface area is 142 Å². The highest BCUT2D eigenvalue weighted by Crippen LogP contribution is 2.30. The van der Waals surface area contributed by atoms with Crippen LogP contribution in [-0.2, 0) is 6.18 Å². The highest BCUT2D eigenvalue weighted by atomic mass is 32.1. The lowest BCUT2D eigenvalue weighted by Gasteiger charge is -2.11. The molecule has 4 N–H and O–H groups in total. The maximum Gasteiger partial charge on any atom is 0.416 e. The van der Waals surface area contributed by atoms with E-state index in [9.17, 15) is 13.2 Å². The molecule has 0 heterocycles. The zero-order chi connectivity index (χ0) is 17.7. The summed E-state index contributed by atoms with van der Waals surface area (Å²) < 4.78 is 38.0. The summed E-state index contributed by atoms with van der Waals surface area (Å²) in [4.78, 5) is 0. The largest absolute Gasteiger partial charge is 0.416 e. The van der Waals surface area contributed by atoms with E-state index in [0.29, 0.717) is 11.4 Å². The van der Waals surface area contributed by atoms with Crippen molar-refractivity contribution >= 4 is 34.4 Å². The number of anilines is 2. The van der Waals surface area contributed by atoms with E-state index in [1.165, 1.54) is 12.1 Å². The van der Waals surface area contributed by atoms with Crippen molar-refractivity contribution in [2.24, 2.45) is 5.10 Å². The van der Waals surface area contributed by atoms with Crippen LogP contribution in [0.1, 0.15) is 18.1 Å².